The van der Waals surface area contributed by atoms with Gasteiger partial charge in [-0.3, -0.25) is 4.79 Å². The van der Waals surface area contributed by atoms with E-state index < -0.39 is 11.7 Å². The van der Waals surface area contributed by atoms with Gasteiger partial charge in [-0.2, -0.15) is 0 Å². The van der Waals surface area contributed by atoms with Crippen molar-refractivity contribution < 1.29 is 33.3 Å². The van der Waals surface area contributed by atoms with Crippen LogP contribution in [0.2, 0.25) is 0 Å². The summed E-state index contributed by atoms with van der Waals surface area (Å²) in [5.74, 6) is -1.74. The van der Waals surface area contributed by atoms with Crippen LogP contribution in [0.5, 0.6) is 11.5 Å². The largest absolute Gasteiger partial charge is 0.508 e. The standard InChI is InChI=1S/C27H26F2O5/c1-18(31)33-15-2-3-23-17-22(10-13-25(23)34-16-14-30)19-4-6-20(7-5-19)26(28)27(29)21-8-11-24(32)12-9-21/h4-13,17,30,32H,2-3,14-16H2,1H3/b27-26+. The summed E-state index contributed by atoms with van der Waals surface area (Å²) in [6.45, 7) is 1.68. The number of aliphatic hydroxyl groups excluding tert-OH is 1. The van der Waals surface area contributed by atoms with Crippen molar-refractivity contribution >= 4 is 17.6 Å². The van der Waals surface area contributed by atoms with Gasteiger partial charge in [0.2, 0.25) is 0 Å². The number of rotatable bonds is 10. The van der Waals surface area contributed by atoms with E-state index in [1.54, 1.807) is 18.2 Å². The van der Waals surface area contributed by atoms with E-state index in [-0.39, 0.29) is 42.7 Å². The summed E-state index contributed by atoms with van der Waals surface area (Å²) >= 11 is 0. The minimum Gasteiger partial charge on any atom is -0.508 e. The topological polar surface area (TPSA) is 76.0 Å². The second-order valence-electron chi connectivity index (χ2n) is 7.59. The second-order valence-corrected chi connectivity index (χ2v) is 7.59. The lowest BCUT2D eigenvalue weighted by Crippen LogP contribution is -2.06. The number of phenols is 1. The van der Waals surface area contributed by atoms with Crippen LogP contribution in [-0.4, -0.2) is 36.0 Å². The summed E-state index contributed by atoms with van der Waals surface area (Å²) in [6, 6.07) is 17.2. The molecule has 3 aromatic rings. The fourth-order valence-electron chi connectivity index (χ4n) is 3.40. The molecule has 0 spiro atoms. The van der Waals surface area contributed by atoms with Crippen molar-refractivity contribution in [2.45, 2.75) is 19.8 Å². The molecule has 0 fully saturated rings. The zero-order valence-electron chi connectivity index (χ0n) is 18.8. The van der Waals surface area contributed by atoms with Crippen molar-refractivity contribution in [2.24, 2.45) is 0 Å². The lowest BCUT2D eigenvalue weighted by Gasteiger charge is -2.13. The molecule has 0 aromatic heterocycles. The van der Waals surface area contributed by atoms with Gasteiger partial charge in [0.1, 0.15) is 18.1 Å². The van der Waals surface area contributed by atoms with Crippen LogP contribution in [0.4, 0.5) is 8.78 Å². The Morgan fingerprint density at radius 3 is 2.03 bits per heavy atom. The number of hydrogen-bond acceptors (Lipinski definition) is 5. The van der Waals surface area contributed by atoms with E-state index in [2.05, 4.69) is 0 Å². The maximum absolute atomic E-state index is 14.7. The Morgan fingerprint density at radius 1 is 0.853 bits per heavy atom. The van der Waals surface area contributed by atoms with Crippen molar-refractivity contribution in [1.29, 1.82) is 0 Å². The maximum Gasteiger partial charge on any atom is 0.302 e. The van der Waals surface area contributed by atoms with Crippen LogP contribution in [0.15, 0.2) is 66.7 Å². The Labute approximate surface area is 196 Å². The summed E-state index contributed by atoms with van der Waals surface area (Å²) in [4.78, 5) is 11.0. The molecule has 0 saturated carbocycles. The van der Waals surface area contributed by atoms with Crippen molar-refractivity contribution in [3.8, 4) is 22.6 Å². The van der Waals surface area contributed by atoms with E-state index in [9.17, 15) is 18.7 Å². The zero-order chi connectivity index (χ0) is 24.5. The Hall–Kier alpha value is -3.71. The van der Waals surface area contributed by atoms with Gasteiger partial charge in [-0.15, -0.1) is 0 Å². The first-order valence-electron chi connectivity index (χ1n) is 10.8. The smallest absolute Gasteiger partial charge is 0.302 e. The Bertz CT molecular complexity index is 1140. The quantitative estimate of drug-likeness (QED) is 0.227. The van der Waals surface area contributed by atoms with Gasteiger partial charge in [0, 0.05) is 18.1 Å². The fraction of sp³-hybridized carbons (Fsp3) is 0.222. The highest BCUT2D eigenvalue weighted by molar-refractivity contribution is 5.84. The number of aromatic hydroxyl groups is 1. The fourth-order valence-corrected chi connectivity index (χ4v) is 3.40. The summed E-state index contributed by atoms with van der Waals surface area (Å²) < 4.78 is 39.8. The number of benzene rings is 3. The van der Waals surface area contributed by atoms with Gasteiger partial charge in [-0.25, -0.2) is 8.78 Å². The van der Waals surface area contributed by atoms with Gasteiger partial charge < -0.3 is 19.7 Å². The zero-order valence-corrected chi connectivity index (χ0v) is 18.8. The van der Waals surface area contributed by atoms with E-state index in [1.165, 1.54) is 43.3 Å². The van der Waals surface area contributed by atoms with Crippen LogP contribution in [0.1, 0.15) is 30.0 Å². The minimum atomic E-state index is -1.01. The molecule has 0 aliphatic carbocycles. The molecular formula is C27H26F2O5. The number of carbonyl (C=O) groups is 1. The number of aryl methyl sites for hydroxylation is 1. The van der Waals surface area contributed by atoms with E-state index in [0.29, 0.717) is 18.6 Å². The molecule has 0 atom stereocenters. The third-order valence-electron chi connectivity index (χ3n) is 5.09. The van der Waals surface area contributed by atoms with E-state index in [0.717, 1.165) is 16.7 Å². The molecule has 0 bridgehead atoms. The molecule has 0 unspecified atom stereocenters. The predicted molar refractivity (Wildman–Crippen MR) is 127 cm³/mol. The molecule has 0 amide bonds. The van der Waals surface area contributed by atoms with Crippen molar-refractivity contribution in [2.75, 3.05) is 19.8 Å². The highest BCUT2D eigenvalue weighted by atomic mass is 19.2. The van der Waals surface area contributed by atoms with E-state index >= 15 is 0 Å². The lowest BCUT2D eigenvalue weighted by molar-refractivity contribution is -0.141. The predicted octanol–water partition coefficient (Wildman–Crippen LogP) is 5.69. The first-order chi connectivity index (χ1) is 16.4. The Kier molecular flexibility index (Phi) is 8.76. The molecule has 2 N–H and O–H groups in total. The summed E-state index contributed by atoms with van der Waals surface area (Å²) in [5, 5.41) is 18.4. The van der Waals surface area contributed by atoms with E-state index in [1.807, 2.05) is 12.1 Å². The number of esters is 1. The van der Waals surface area contributed by atoms with Crippen molar-refractivity contribution in [3.63, 3.8) is 0 Å². The van der Waals surface area contributed by atoms with E-state index in [4.69, 9.17) is 14.6 Å². The third kappa shape index (κ3) is 6.65. The highest BCUT2D eigenvalue weighted by Gasteiger charge is 2.13. The highest BCUT2D eigenvalue weighted by Crippen LogP contribution is 2.32. The summed E-state index contributed by atoms with van der Waals surface area (Å²) in [7, 11) is 0. The van der Waals surface area contributed by atoms with Crippen molar-refractivity contribution in [1.82, 2.24) is 0 Å². The average Bonchev–Trinajstić information content (AvgIpc) is 2.85. The van der Waals surface area contributed by atoms with Gasteiger partial charge in [-0.1, -0.05) is 30.3 Å². The van der Waals surface area contributed by atoms with Gasteiger partial charge in [0.05, 0.1) is 13.2 Å². The SMILES string of the molecule is CC(=O)OCCCc1cc(-c2ccc(/C(F)=C(\F)c3ccc(O)cc3)cc2)ccc1OCCO. The molecule has 3 aromatic carbocycles. The Morgan fingerprint density at radius 2 is 1.44 bits per heavy atom. The Balaban J connectivity index is 1.81. The van der Waals surface area contributed by atoms with Crippen LogP contribution in [-0.2, 0) is 16.0 Å². The number of phenolic OH excluding ortho intramolecular Hbond substituents is 1. The molecule has 0 saturated heterocycles. The maximum atomic E-state index is 14.7. The molecule has 7 heteroatoms. The average molecular weight is 468 g/mol. The molecule has 0 aliphatic rings. The lowest BCUT2D eigenvalue weighted by atomic mass is 9.98. The van der Waals surface area contributed by atoms with Crippen LogP contribution in [0.25, 0.3) is 22.8 Å². The van der Waals surface area contributed by atoms with Crippen molar-refractivity contribution in [3.05, 3.63) is 83.4 Å². The van der Waals surface area contributed by atoms with Crippen LogP contribution in [0.3, 0.4) is 0 Å². The van der Waals surface area contributed by atoms with Crippen LogP contribution < -0.4 is 4.74 Å². The number of halogens is 2. The number of hydrogen-bond donors (Lipinski definition) is 2. The molecule has 3 rings (SSSR count). The minimum absolute atomic E-state index is 0.0279. The van der Waals surface area contributed by atoms with Gasteiger partial charge in [0.15, 0.2) is 11.7 Å². The van der Waals surface area contributed by atoms with Gasteiger partial charge in [-0.05, 0) is 65.9 Å². The van der Waals surface area contributed by atoms with Gasteiger partial charge in [0.25, 0.3) is 0 Å². The molecule has 34 heavy (non-hydrogen) atoms. The first-order valence-corrected chi connectivity index (χ1v) is 10.8. The van der Waals surface area contributed by atoms with Crippen LogP contribution >= 0.6 is 0 Å². The van der Waals surface area contributed by atoms with Crippen LogP contribution in [0, 0.1) is 0 Å². The monoisotopic (exact) mass is 468 g/mol. The third-order valence-corrected chi connectivity index (χ3v) is 5.09. The molecule has 178 valence electrons. The second kappa shape index (κ2) is 12.0. The summed E-state index contributed by atoms with van der Waals surface area (Å²) in [5.41, 5.74) is 2.67. The molecule has 0 aliphatic heterocycles. The number of carbonyl (C=O) groups excluding carboxylic acids is 1. The number of aliphatic hydroxyl groups is 1. The molecule has 0 heterocycles. The molecule has 0 radical (unpaired) electrons. The normalized spacial score (nSPS) is 11.6. The van der Waals surface area contributed by atoms with Gasteiger partial charge >= 0.3 is 5.97 Å². The molecule has 5 nitrogen and oxygen atoms in total. The summed E-state index contributed by atoms with van der Waals surface area (Å²) in [6.07, 6.45) is 1.19. The molecular weight excluding hydrogens is 442 g/mol. The first kappa shape index (κ1) is 24.9. The number of ether oxygens (including phenoxy) is 2.